The number of hydrogen-bond acceptors (Lipinski definition) is 5. The number of benzene rings is 3. The van der Waals surface area contributed by atoms with Crippen LogP contribution >= 0.6 is 0 Å². The fourth-order valence-corrected chi connectivity index (χ4v) is 5.57. The van der Waals surface area contributed by atoms with Gasteiger partial charge in [-0.1, -0.05) is 102 Å². The highest BCUT2D eigenvalue weighted by Gasteiger charge is 2.04. The number of nitrogens with zero attached hydrogens (tertiary/aromatic N) is 3. The lowest BCUT2D eigenvalue weighted by Gasteiger charge is -2.08. The molecule has 0 unspecified atom stereocenters. The molecule has 0 aliphatic carbocycles. The summed E-state index contributed by atoms with van der Waals surface area (Å²) in [6.07, 6.45) is 22.5. The van der Waals surface area contributed by atoms with Crippen LogP contribution in [0.4, 0.5) is 0 Å². The summed E-state index contributed by atoms with van der Waals surface area (Å²) in [5.74, 6) is 2.60. The minimum absolute atomic E-state index is 0.679. The van der Waals surface area contributed by atoms with Gasteiger partial charge >= 0.3 is 0 Å². The van der Waals surface area contributed by atoms with Gasteiger partial charge in [0.25, 0.3) is 0 Å². The maximum atomic E-state index is 8.96. The van der Waals surface area contributed by atoms with Gasteiger partial charge in [-0.3, -0.25) is 0 Å². The zero-order valence-electron chi connectivity index (χ0n) is 27.8. The first-order valence-corrected chi connectivity index (χ1v) is 17.5. The summed E-state index contributed by atoms with van der Waals surface area (Å²) < 4.78 is 11.9. The number of ether oxygens (including phenoxy) is 2. The number of aromatic nitrogens is 2. The van der Waals surface area contributed by atoms with E-state index in [1.165, 1.54) is 82.6 Å². The molecule has 0 aliphatic rings. The van der Waals surface area contributed by atoms with Crippen LogP contribution in [-0.4, -0.2) is 23.2 Å². The molecule has 0 fully saturated rings. The number of nitriles is 1. The molecule has 1 aromatic heterocycles. The molecule has 5 heteroatoms. The average molecular weight is 618 g/mol. The smallest absolute Gasteiger partial charge is 0.159 e. The number of unbranched alkanes of at least 4 members (excludes halogenated alkanes) is 12. The quantitative estimate of drug-likeness (QED) is 0.0821. The summed E-state index contributed by atoms with van der Waals surface area (Å²) in [7, 11) is 0. The Morgan fingerprint density at radius 3 is 1.46 bits per heavy atom. The molecular formula is C41H51N3O2. The third-order valence-electron chi connectivity index (χ3n) is 8.41. The van der Waals surface area contributed by atoms with E-state index in [-0.39, 0.29) is 0 Å². The lowest BCUT2D eigenvalue weighted by molar-refractivity contribution is 0.301. The van der Waals surface area contributed by atoms with Crippen molar-refractivity contribution < 1.29 is 9.47 Å². The van der Waals surface area contributed by atoms with Crippen molar-refractivity contribution in [3.63, 3.8) is 0 Å². The second-order valence-corrected chi connectivity index (χ2v) is 12.2. The zero-order chi connectivity index (χ0) is 32.1. The van der Waals surface area contributed by atoms with Crippen LogP contribution in [0.5, 0.6) is 11.5 Å². The van der Waals surface area contributed by atoms with E-state index in [2.05, 4.69) is 47.2 Å². The second kappa shape index (κ2) is 20.8. The van der Waals surface area contributed by atoms with E-state index in [1.807, 2.05) is 60.9 Å². The molecule has 0 atom stereocenters. The summed E-state index contributed by atoms with van der Waals surface area (Å²) in [4.78, 5) is 9.20. The highest BCUT2D eigenvalue weighted by atomic mass is 16.5. The van der Waals surface area contributed by atoms with E-state index in [9.17, 15) is 0 Å². The molecule has 0 saturated carbocycles. The minimum Gasteiger partial charge on any atom is -0.494 e. The Labute approximate surface area is 277 Å². The van der Waals surface area contributed by atoms with Crippen molar-refractivity contribution in [1.82, 2.24) is 9.97 Å². The lowest BCUT2D eigenvalue weighted by atomic mass is 10.0. The SMILES string of the molecule is CCCCCCCCc1cnc(-c2ccc(OCCCCCCCCCCOc3ccc(-c4ccc(C#N)cc4)cc3)cc2)nc1. The van der Waals surface area contributed by atoms with Crippen LogP contribution in [0.2, 0.25) is 0 Å². The molecule has 1 heterocycles. The monoisotopic (exact) mass is 617 g/mol. The molecule has 46 heavy (non-hydrogen) atoms. The summed E-state index contributed by atoms with van der Waals surface area (Å²) >= 11 is 0. The Morgan fingerprint density at radius 2 is 0.957 bits per heavy atom. The third-order valence-corrected chi connectivity index (χ3v) is 8.41. The van der Waals surface area contributed by atoms with E-state index in [4.69, 9.17) is 14.7 Å². The standard InChI is InChI=1S/C41H51N3O2/c1-2-3-4-5-10-13-16-35-32-43-41(44-33-35)38-23-27-40(28-24-38)46-30-15-12-9-7-6-8-11-14-29-45-39-25-21-37(22-26-39)36-19-17-34(31-42)18-20-36/h17-28,32-33H,2-16,29-30H2,1H3. The van der Waals surface area contributed by atoms with Crippen LogP contribution in [0.1, 0.15) is 108 Å². The van der Waals surface area contributed by atoms with E-state index in [0.29, 0.717) is 5.56 Å². The second-order valence-electron chi connectivity index (χ2n) is 12.2. The van der Waals surface area contributed by atoms with E-state index < -0.39 is 0 Å². The summed E-state index contributed by atoms with van der Waals surface area (Å²) in [6.45, 7) is 3.77. The normalized spacial score (nSPS) is 10.9. The van der Waals surface area contributed by atoms with Crippen LogP contribution in [0.25, 0.3) is 22.5 Å². The summed E-state index contributed by atoms with van der Waals surface area (Å²) in [5, 5.41) is 8.96. The minimum atomic E-state index is 0.679. The molecule has 0 spiro atoms. The number of rotatable bonds is 22. The van der Waals surface area contributed by atoms with Crippen LogP contribution in [-0.2, 0) is 6.42 Å². The fourth-order valence-electron chi connectivity index (χ4n) is 5.57. The Hall–Kier alpha value is -4.17. The molecule has 5 nitrogen and oxygen atoms in total. The Balaban J connectivity index is 0.977. The molecule has 0 radical (unpaired) electrons. The summed E-state index contributed by atoms with van der Waals surface area (Å²) in [5.41, 5.74) is 5.17. The van der Waals surface area contributed by atoms with Crippen molar-refractivity contribution in [1.29, 1.82) is 5.26 Å². The molecule has 0 bridgehead atoms. The van der Waals surface area contributed by atoms with Crippen LogP contribution < -0.4 is 9.47 Å². The lowest BCUT2D eigenvalue weighted by Crippen LogP contribution is -1.98. The maximum absolute atomic E-state index is 8.96. The highest BCUT2D eigenvalue weighted by molar-refractivity contribution is 5.65. The van der Waals surface area contributed by atoms with Gasteiger partial charge in [0.05, 0.1) is 24.8 Å². The van der Waals surface area contributed by atoms with Gasteiger partial charge in [0.15, 0.2) is 5.82 Å². The van der Waals surface area contributed by atoms with Crippen LogP contribution in [0.3, 0.4) is 0 Å². The van der Waals surface area contributed by atoms with Crippen molar-refractivity contribution in [3.05, 3.63) is 96.3 Å². The van der Waals surface area contributed by atoms with Gasteiger partial charge in [-0.25, -0.2) is 9.97 Å². The predicted octanol–water partition coefficient (Wildman–Crippen LogP) is 11.2. The first-order chi connectivity index (χ1) is 22.7. The predicted molar refractivity (Wildman–Crippen MR) is 189 cm³/mol. The van der Waals surface area contributed by atoms with E-state index in [1.54, 1.807) is 0 Å². The van der Waals surface area contributed by atoms with Crippen LogP contribution in [0.15, 0.2) is 85.2 Å². The van der Waals surface area contributed by atoms with E-state index >= 15 is 0 Å². The Morgan fingerprint density at radius 1 is 0.522 bits per heavy atom. The molecule has 0 aliphatic heterocycles. The van der Waals surface area contributed by atoms with E-state index in [0.717, 1.165) is 66.5 Å². The van der Waals surface area contributed by atoms with Gasteiger partial charge in [0.2, 0.25) is 0 Å². The fraction of sp³-hybridized carbons (Fsp3) is 0.439. The van der Waals surface area contributed by atoms with Gasteiger partial charge in [0, 0.05) is 18.0 Å². The first-order valence-electron chi connectivity index (χ1n) is 17.5. The molecule has 4 rings (SSSR count). The molecule has 242 valence electrons. The number of hydrogen-bond donors (Lipinski definition) is 0. The zero-order valence-corrected chi connectivity index (χ0v) is 27.8. The van der Waals surface area contributed by atoms with Gasteiger partial charge in [0.1, 0.15) is 11.5 Å². The molecule has 4 aromatic rings. The molecule has 0 amide bonds. The third kappa shape index (κ3) is 12.7. The molecular weight excluding hydrogens is 566 g/mol. The largest absolute Gasteiger partial charge is 0.494 e. The van der Waals surface area contributed by atoms with Gasteiger partial charge < -0.3 is 9.47 Å². The van der Waals surface area contributed by atoms with Crippen molar-refractivity contribution in [2.75, 3.05) is 13.2 Å². The van der Waals surface area contributed by atoms with Crippen molar-refractivity contribution in [2.24, 2.45) is 0 Å². The maximum Gasteiger partial charge on any atom is 0.159 e. The van der Waals surface area contributed by atoms with Crippen molar-refractivity contribution in [2.45, 2.75) is 103 Å². The number of aryl methyl sites for hydroxylation is 1. The van der Waals surface area contributed by atoms with Crippen LogP contribution in [0, 0.1) is 11.3 Å². The van der Waals surface area contributed by atoms with Gasteiger partial charge in [-0.2, -0.15) is 5.26 Å². The highest BCUT2D eigenvalue weighted by Crippen LogP contribution is 2.23. The summed E-state index contributed by atoms with van der Waals surface area (Å²) in [6, 6.07) is 26.2. The van der Waals surface area contributed by atoms with Crippen molar-refractivity contribution in [3.8, 4) is 40.1 Å². The topological polar surface area (TPSA) is 68.0 Å². The van der Waals surface area contributed by atoms with Gasteiger partial charge in [-0.05, 0) is 90.9 Å². The molecule has 0 saturated heterocycles. The first kappa shape index (κ1) is 34.7. The Bertz CT molecular complexity index is 1410. The molecule has 3 aromatic carbocycles. The Kier molecular flexibility index (Phi) is 15.7. The van der Waals surface area contributed by atoms with Crippen molar-refractivity contribution >= 4 is 0 Å². The van der Waals surface area contributed by atoms with Gasteiger partial charge in [-0.15, -0.1) is 0 Å². The average Bonchev–Trinajstić information content (AvgIpc) is 3.11. The molecule has 0 N–H and O–H groups in total.